The molecule has 156 valence electrons. The molecule has 1 aliphatic heterocycles. The molecular formula is C18H15BrF4N2O3S. The molecule has 0 spiro atoms. The lowest BCUT2D eigenvalue weighted by atomic mass is 10.2. The lowest BCUT2D eigenvalue weighted by Gasteiger charge is -2.34. The maximum atomic E-state index is 13.2. The number of hydrogen-bond acceptors (Lipinski definition) is 3. The highest BCUT2D eigenvalue weighted by molar-refractivity contribution is 9.10. The second kappa shape index (κ2) is 8.04. The van der Waals surface area contributed by atoms with Gasteiger partial charge in [-0.3, -0.25) is 4.79 Å². The highest BCUT2D eigenvalue weighted by Crippen LogP contribution is 2.30. The van der Waals surface area contributed by atoms with Gasteiger partial charge in [0.25, 0.3) is 5.91 Å². The molecule has 1 aliphatic rings. The van der Waals surface area contributed by atoms with E-state index in [1.165, 1.54) is 17.0 Å². The fourth-order valence-electron chi connectivity index (χ4n) is 2.93. The lowest BCUT2D eigenvalue weighted by Crippen LogP contribution is -2.50. The molecule has 0 radical (unpaired) electrons. The van der Waals surface area contributed by atoms with Crippen LogP contribution in [0, 0.1) is 5.82 Å². The Morgan fingerprint density at radius 2 is 1.55 bits per heavy atom. The second-order valence-electron chi connectivity index (χ2n) is 6.34. The zero-order chi connectivity index (χ0) is 21.4. The van der Waals surface area contributed by atoms with Gasteiger partial charge in [-0.25, -0.2) is 12.8 Å². The van der Waals surface area contributed by atoms with Crippen molar-refractivity contribution in [3.05, 3.63) is 63.9 Å². The molecule has 0 bridgehead atoms. The van der Waals surface area contributed by atoms with Crippen LogP contribution in [-0.4, -0.2) is 49.7 Å². The Bertz CT molecular complexity index is 1020. The first-order valence-electron chi connectivity index (χ1n) is 8.42. The zero-order valence-electron chi connectivity index (χ0n) is 14.8. The van der Waals surface area contributed by atoms with Crippen molar-refractivity contribution in [2.24, 2.45) is 0 Å². The molecule has 0 atom stereocenters. The maximum Gasteiger partial charge on any atom is 0.416 e. The molecule has 0 unspecified atom stereocenters. The average Bonchev–Trinajstić information content (AvgIpc) is 2.67. The predicted octanol–water partition coefficient (Wildman–Crippen LogP) is 3.75. The summed E-state index contributed by atoms with van der Waals surface area (Å²) < 4.78 is 77.9. The maximum absolute atomic E-state index is 13.2. The zero-order valence-corrected chi connectivity index (χ0v) is 17.2. The summed E-state index contributed by atoms with van der Waals surface area (Å²) in [7, 11) is -3.98. The van der Waals surface area contributed by atoms with Crippen molar-refractivity contribution in [3.63, 3.8) is 0 Å². The van der Waals surface area contributed by atoms with E-state index >= 15 is 0 Å². The average molecular weight is 495 g/mol. The van der Waals surface area contributed by atoms with Gasteiger partial charge in [0.15, 0.2) is 0 Å². The molecular weight excluding hydrogens is 480 g/mol. The van der Waals surface area contributed by atoms with Gasteiger partial charge in [0, 0.05) is 30.7 Å². The van der Waals surface area contributed by atoms with Crippen molar-refractivity contribution >= 4 is 31.9 Å². The number of rotatable bonds is 3. The quantitative estimate of drug-likeness (QED) is 0.610. The molecule has 0 saturated carbocycles. The van der Waals surface area contributed by atoms with Gasteiger partial charge in [-0.05, 0) is 58.4 Å². The molecule has 1 saturated heterocycles. The molecule has 29 heavy (non-hydrogen) atoms. The predicted molar refractivity (Wildman–Crippen MR) is 100 cm³/mol. The minimum atomic E-state index is -4.55. The van der Waals surface area contributed by atoms with E-state index in [0.717, 1.165) is 34.6 Å². The van der Waals surface area contributed by atoms with Crippen LogP contribution in [0.2, 0.25) is 0 Å². The molecule has 3 rings (SSSR count). The SMILES string of the molecule is O=C(c1ccc(F)cc1Br)N1CCN(S(=O)(=O)c2ccc(C(F)(F)F)cc2)CC1. The van der Waals surface area contributed by atoms with E-state index < -0.39 is 27.6 Å². The third-order valence-electron chi connectivity index (χ3n) is 4.51. The Morgan fingerprint density at radius 1 is 0.966 bits per heavy atom. The van der Waals surface area contributed by atoms with E-state index in [0.29, 0.717) is 4.47 Å². The summed E-state index contributed by atoms with van der Waals surface area (Å²) in [5.41, 5.74) is -0.679. The third-order valence-corrected chi connectivity index (χ3v) is 7.08. The number of sulfonamides is 1. The number of piperazine rings is 1. The van der Waals surface area contributed by atoms with Crippen LogP contribution in [0.15, 0.2) is 51.8 Å². The number of carbonyl (C=O) groups excluding carboxylic acids is 1. The third kappa shape index (κ3) is 4.62. The standard InChI is InChI=1S/C18H15BrF4N2O3S/c19-16-11-13(20)3-6-15(16)17(26)24-7-9-25(10-8-24)29(27,28)14-4-1-12(2-5-14)18(21,22)23/h1-6,11H,7-10H2. The fourth-order valence-corrected chi connectivity index (χ4v) is 4.87. The van der Waals surface area contributed by atoms with Gasteiger partial charge >= 0.3 is 6.18 Å². The molecule has 1 fully saturated rings. The number of nitrogens with zero attached hydrogens (tertiary/aromatic N) is 2. The number of amides is 1. The lowest BCUT2D eigenvalue weighted by molar-refractivity contribution is -0.137. The first kappa shape index (κ1) is 21.7. The summed E-state index contributed by atoms with van der Waals surface area (Å²) in [6.45, 7) is 0.187. The number of alkyl halides is 3. The van der Waals surface area contributed by atoms with Crippen molar-refractivity contribution in [1.29, 1.82) is 0 Å². The Labute approximate surface area is 173 Å². The molecule has 1 heterocycles. The molecule has 2 aromatic carbocycles. The molecule has 11 heteroatoms. The number of hydrogen-bond donors (Lipinski definition) is 0. The molecule has 2 aromatic rings. The molecule has 1 amide bonds. The van der Waals surface area contributed by atoms with Crippen LogP contribution < -0.4 is 0 Å². The van der Waals surface area contributed by atoms with E-state index in [-0.39, 0.29) is 42.5 Å². The number of benzene rings is 2. The Balaban J connectivity index is 1.70. The van der Waals surface area contributed by atoms with E-state index in [1.54, 1.807) is 0 Å². The Morgan fingerprint density at radius 3 is 2.07 bits per heavy atom. The largest absolute Gasteiger partial charge is 0.416 e. The molecule has 0 N–H and O–H groups in total. The van der Waals surface area contributed by atoms with Crippen LogP contribution in [0.1, 0.15) is 15.9 Å². The first-order valence-corrected chi connectivity index (χ1v) is 10.7. The number of carbonyl (C=O) groups is 1. The Hall–Kier alpha value is -1.98. The van der Waals surface area contributed by atoms with Crippen LogP contribution in [0.5, 0.6) is 0 Å². The van der Waals surface area contributed by atoms with Crippen LogP contribution in [0.4, 0.5) is 17.6 Å². The smallest absolute Gasteiger partial charge is 0.336 e. The van der Waals surface area contributed by atoms with E-state index in [9.17, 15) is 30.8 Å². The summed E-state index contributed by atoms with van der Waals surface area (Å²) >= 11 is 3.13. The van der Waals surface area contributed by atoms with Gasteiger partial charge in [0.2, 0.25) is 10.0 Å². The Kier molecular flexibility index (Phi) is 6.02. The topological polar surface area (TPSA) is 57.7 Å². The summed E-state index contributed by atoms with van der Waals surface area (Å²) in [5.74, 6) is -0.871. The van der Waals surface area contributed by atoms with Crippen molar-refractivity contribution in [2.45, 2.75) is 11.1 Å². The number of halogens is 5. The van der Waals surface area contributed by atoms with Crippen molar-refractivity contribution in [3.8, 4) is 0 Å². The van der Waals surface area contributed by atoms with Crippen LogP contribution in [-0.2, 0) is 16.2 Å². The van der Waals surface area contributed by atoms with Crippen LogP contribution in [0.3, 0.4) is 0 Å². The minimum Gasteiger partial charge on any atom is -0.336 e. The van der Waals surface area contributed by atoms with Gasteiger partial charge < -0.3 is 4.90 Å². The highest BCUT2D eigenvalue weighted by Gasteiger charge is 2.33. The van der Waals surface area contributed by atoms with Crippen LogP contribution >= 0.6 is 15.9 Å². The normalized spacial score (nSPS) is 16.1. The monoisotopic (exact) mass is 494 g/mol. The van der Waals surface area contributed by atoms with E-state index in [4.69, 9.17) is 0 Å². The fraction of sp³-hybridized carbons (Fsp3) is 0.278. The van der Waals surface area contributed by atoms with Gasteiger partial charge in [-0.1, -0.05) is 0 Å². The van der Waals surface area contributed by atoms with Crippen LogP contribution in [0.25, 0.3) is 0 Å². The van der Waals surface area contributed by atoms with Gasteiger partial charge in [0.1, 0.15) is 5.82 Å². The second-order valence-corrected chi connectivity index (χ2v) is 9.13. The highest BCUT2D eigenvalue weighted by atomic mass is 79.9. The molecule has 0 aliphatic carbocycles. The van der Waals surface area contributed by atoms with Crippen molar-refractivity contribution in [2.75, 3.05) is 26.2 Å². The van der Waals surface area contributed by atoms with Gasteiger partial charge in [0.05, 0.1) is 16.0 Å². The summed E-state index contributed by atoms with van der Waals surface area (Å²) in [5, 5.41) is 0. The summed E-state index contributed by atoms with van der Waals surface area (Å²) in [6.07, 6.45) is -4.55. The van der Waals surface area contributed by atoms with Gasteiger partial charge in [-0.15, -0.1) is 0 Å². The summed E-state index contributed by atoms with van der Waals surface area (Å²) in [4.78, 5) is 13.8. The molecule has 5 nitrogen and oxygen atoms in total. The summed E-state index contributed by atoms with van der Waals surface area (Å²) in [6, 6.07) is 6.95. The van der Waals surface area contributed by atoms with E-state index in [1.807, 2.05) is 0 Å². The molecule has 0 aromatic heterocycles. The van der Waals surface area contributed by atoms with Crippen molar-refractivity contribution in [1.82, 2.24) is 9.21 Å². The van der Waals surface area contributed by atoms with Gasteiger partial charge in [-0.2, -0.15) is 17.5 Å². The van der Waals surface area contributed by atoms with E-state index in [2.05, 4.69) is 15.9 Å². The minimum absolute atomic E-state index is 0.00604. The van der Waals surface area contributed by atoms with Crippen molar-refractivity contribution < 1.29 is 30.8 Å². The first-order chi connectivity index (χ1) is 13.5.